The fourth-order valence-electron chi connectivity index (χ4n) is 2.59. The largest absolute Gasteiger partial charge is 0.305 e. The van der Waals surface area contributed by atoms with E-state index in [9.17, 15) is 0 Å². The molecule has 2 heterocycles. The lowest BCUT2D eigenvalue weighted by Gasteiger charge is -2.07. The molecule has 0 saturated heterocycles. The number of hydrogen-bond acceptors (Lipinski definition) is 4. The summed E-state index contributed by atoms with van der Waals surface area (Å²) in [4.78, 5) is 1.34. The monoisotopic (exact) mass is 397 g/mol. The summed E-state index contributed by atoms with van der Waals surface area (Å²) in [5.41, 5.74) is 3.45. The third kappa shape index (κ3) is 3.36. The van der Waals surface area contributed by atoms with E-state index in [1.165, 1.54) is 16.0 Å². The van der Waals surface area contributed by atoms with Gasteiger partial charge in [-0.1, -0.05) is 48.0 Å². The summed E-state index contributed by atoms with van der Waals surface area (Å²) < 4.78 is 2.04. The van der Waals surface area contributed by atoms with Crippen LogP contribution in [0.5, 0.6) is 0 Å². The highest BCUT2D eigenvalue weighted by atomic mass is 35.5. The van der Waals surface area contributed by atoms with Crippen molar-refractivity contribution in [3.05, 3.63) is 49.6 Å². The zero-order chi connectivity index (χ0) is 17.3. The van der Waals surface area contributed by atoms with Crippen molar-refractivity contribution >= 4 is 46.3 Å². The summed E-state index contributed by atoms with van der Waals surface area (Å²) in [6.45, 7) is 4.32. The number of rotatable bonds is 5. The molecule has 0 unspecified atom stereocenters. The number of nitrogens with zero attached hydrogens (tertiary/aromatic N) is 3. The molecular weight excluding hydrogens is 381 g/mol. The second kappa shape index (κ2) is 7.48. The van der Waals surface area contributed by atoms with E-state index in [0.717, 1.165) is 23.0 Å². The Morgan fingerprint density at radius 2 is 1.88 bits per heavy atom. The Morgan fingerprint density at radius 3 is 2.54 bits per heavy atom. The molecule has 3 nitrogen and oxygen atoms in total. The van der Waals surface area contributed by atoms with Crippen LogP contribution in [0.2, 0.25) is 10.0 Å². The predicted octanol–water partition coefficient (Wildman–Crippen LogP) is 6.01. The van der Waals surface area contributed by atoms with Gasteiger partial charge in [-0.25, -0.2) is 0 Å². The standard InChI is InChI=1S/C17H17Cl2N3S2/c1-4-11-10(2)23-8-12(11)16-20-21-17(22(16)3)24-9-13-14(18)6-5-7-15(13)19/h5-8H,4,9H2,1-3H3. The van der Waals surface area contributed by atoms with Crippen LogP contribution in [-0.2, 0) is 19.2 Å². The van der Waals surface area contributed by atoms with E-state index in [1.807, 2.05) is 29.8 Å². The van der Waals surface area contributed by atoms with Crippen LogP contribution in [0, 0.1) is 6.92 Å². The van der Waals surface area contributed by atoms with Crippen molar-refractivity contribution in [2.24, 2.45) is 7.05 Å². The molecule has 0 aliphatic rings. The summed E-state index contributed by atoms with van der Waals surface area (Å²) in [6, 6.07) is 5.56. The van der Waals surface area contributed by atoms with Crippen molar-refractivity contribution in [3.8, 4) is 11.4 Å². The van der Waals surface area contributed by atoms with Gasteiger partial charge in [0.05, 0.1) is 0 Å². The molecule has 0 atom stereocenters. The van der Waals surface area contributed by atoms with Gasteiger partial charge >= 0.3 is 0 Å². The van der Waals surface area contributed by atoms with Crippen molar-refractivity contribution < 1.29 is 0 Å². The Bertz CT molecular complexity index is 851. The lowest BCUT2D eigenvalue weighted by atomic mass is 10.1. The summed E-state index contributed by atoms with van der Waals surface area (Å²) >= 11 is 15.8. The highest BCUT2D eigenvalue weighted by molar-refractivity contribution is 7.98. The molecule has 24 heavy (non-hydrogen) atoms. The highest BCUT2D eigenvalue weighted by Gasteiger charge is 2.17. The Hall–Kier alpha value is -1.01. The van der Waals surface area contributed by atoms with Crippen LogP contribution in [0.15, 0.2) is 28.7 Å². The minimum absolute atomic E-state index is 0.660. The summed E-state index contributed by atoms with van der Waals surface area (Å²) in [5.74, 6) is 1.57. The molecule has 0 radical (unpaired) electrons. The third-order valence-corrected chi connectivity index (χ3v) is 6.65. The zero-order valence-electron chi connectivity index (χ0n) is 13.6. The Labute approximate surface area is 160 Å². The van der Waals surface area contributed by atoms with Crippen LogP contribution in [-0.4, -0.2) is 14.8 Å². The van der Waals surface area contributed by atoms with Crippen LogP contribution in [0.4, 0.5) is 0 Å². The van der Waals surface area contributed by atoms with Gasteiger partial charge in [0.25, 0.3) is 0 Å². The predicted molar refractivity (Wildman–Crippen MR) is 104 cm³/mol. The van der Waals surface area contributed by atoms with E-state index in [2.05, 4.69) is 29.4 Å². The maximum absolute atomic E-state index is 6.24. The molecule has 3 aromatic rings. The second-order valence-electron chi connectivity index (χ2n) is 5.39. The molecule has 1 aromatic carbocycles. The first-order valence-electron chi connectivity index (χ1n) is 7.55. The van der Waals surface area contributed by atoms with Crippen molar-refractivity contribution in [3.63, 3.8) is 0 Å². The first-order chi connectivity index (χ1) is 11.5. The number of halogens is 2. The van der Waals surface area contributed by atoms with E-state index in [0.29, 0.717) is 15.8 Å². The molecule has 3 rings (SSSR count). The molecule has 0 spiro atoms. The van der Waals surface area contributed by atoms with Crippen LogP contribution < -0.4 is 0 Å². The van der Waals surface area contributed by atoms with E-state index in [-0.39, 0.29) is 0 Å². The van der Waals surface area contributed by atoms with Gasteiger partial charge in [-0.15, -0.1) is 21.5 Å². The summed E-state index contributed by atoms with van der Waals surface area (Å²) in [5, 5.41) is 13.1. The minimum atomic E-state index is 0.660. The Morgan fingerprint density at radius 1 is 1.17 bits per heavy atom. The van der Waals surface area contributed by atoms with Gasteiger partial charge in [0, 0.05) is 38.7 Å². The average Bonchev–Trinajstić information content (AvgIpc) is 3.09. The third-order valence-electron chi connectivity index (χ3n) is 3.94. The van der Waals surface area contributed by atoms with Gasteiger partial charge in [-0.2, -0.15) is 0 Å². The van der Waals surface area contributed by atoms with E-state index < -0.39 is 0 Å². The first kappa shape index (κ1) is 17.8. The van der Waals surface area contributed by atoms with E-state index in [1.54, 1.807) is 23.1 Å². The molecule has 0 bridgehead atoms. The fraction of sp³-hybridized carbons (Fsp3) is 0.294. The maximum Gasteiger partial charge on any atom is 0.191 e. The normalized spacial score (nSPS) is 11.2. The molecule has 0 N–H and O–H groups in total. The van der Waals surface area contributed by atoms with Gasteiger partial charge in [-0.3, -0.25) is 0 Å². The smallest absolute Gasteiger partial charge is 0.191 e. The summed E-state index contributed by atoms with van der Waals surface area (Å²) in [6.07, 6.45) is 0.995. The molecule has 0 saturated carbocycles. The first-order valence-corrected chi connectivity index (χ1v) is 10.2. The SMILES string of the molecule is CCc1c(-c2nnc(SCc3c(Cl)cccc3Cl)n2C)csc1C. The van der Waals surface area contributed by atoms with Crippen LogP contribution in [0.25, 0.3) is 11.4 Å². The molecule has 0 aliphatic heterocycles. The number of thiophene rings is 1. The summed E-state index contributed by atoms with van der Waals surface area (Å²) in [7, 11) is 2.00. The highest BCUT2D eigenvalue weighted by Crippen LogP contribution is 2.34. The van der Waals surface area contributed by atoms with Gasteiger partial charge in [0.2, 0.25) is 0 Å². The van der Waals surface area contributed by atoms with Gasteiger partial charge in [0.15, 0.2) is 11.0 Å². The number of thioether (sulfide) groups is 1. The molecule has 2 aromatic heterocycles. The van der Waals surface area contributed by atoms with Crippen LogP contribution in [0.3, 0.4) is 0 Å². The molecular formula is C17H17Cl2N3S2. The average molecular weight is 398 g/mol. The lowest BCUT2D eigenvalue weighted by Crippen LogP contribution is -1.96. The molecule has 126 valence electrons. The Balaban J connectivity index is 1.85. The van der Waals surface area contributed by atoms with Gasteiger partial charge in [0.1, 0.15) is 0 Å². The maximum atomic E-state index is 6.24. The van der Waals surface area contributed by atoms with E-state index in [4.69, 9.17) is 23.2 Å². The van der Waals surface area contributed by atoms with Crippen molar-refractivity contribution in [1.82, 2.24) is 14.8 Å². The van der Waals surface area contributed by atoms with Crippen molar-refractivity contribution in [2.75, 3.05) is 0 Å². The van der Waals surface area contributed by atoms with Crippen molar-refractivity contribution in [1.29, 1.82) is 0 Å². The van der Waals surface area contributed by atoms with Gasteiger partial charge < -0.3 is 4.57 Å². The number of hydrogen-bond donors (Lipinski definition) is 0. The van der Waals surface area contributed by atoms with E-state index >= 15 is 0 Å². The van der Waals surface area contributed by atoms with Crippen LogP contribution >= 0.6 is 46.3 Å². The van der Waals surface area contributed by atoms with Crippen LogP contribution in [0.1, 0.15) is 22.9 Å². The zero-order valence-corrected chi connectivity index (χ0v) is 16.8. The molecule has 0 fully saturated rings. The molecule has 0 amide bonds. The minimum Gasteiger partial charge on any atom is -0.305 e. The molecule has 0 aliphatic carbocycles. The van der Waals surface area contributed by atoms with Gasteiger partial charge in [-0.05, 0) is 36.6 Å². The number of aryl methyl sites for hydroxylation is 1. The molecule has 7 heteroatoms. The number of aromatic nitrogens is 3. The lowest BCUT2D eigenvalue weighted by molar-refractivity contribution is 0.793. The van der Waals surface area contributed by atoms with Crippen molar-refractivity contribution in [2.45, 2.75) is 31.2 Å². The second-order valence-corrected chi connectivity index (χ2v) is 8.23. The topological polar surface area (TPSA) is 30.7 Å². The quantitative estimate of drug-likeness (QED) is 0.493. The Kier molecular flexibility index (Phi) is 5.55. The fourth-order valence-corrected chi connectivity index (χ4v) is 5.18. The number of benzene rings is 1.